The Hall–Kier alpha value is -2.14. The molecular formula is C22H19Cl3FNO2. The fourth-order valence-corrected chi connectivity index (χ4v) is 3.51. The van der Waals surface area contributed by atoms with Crippen molar-refractivity contribution in [2.75, 3.05) is 11.9 Å². The zero-order valence-corrected chi connectivity index (χ0v) is 17.9. The third kappa shape index (κ3) is 5.69. The van der Waals surface area contributed by atoms with Gasteiger partial charge in [0.1, 0.15) is 12.4 Å². The van der Waals surface area contributed by atoms with E-state index in [1.807, 2.05) is 13.0 Å². The van der Waals surface area contributed by atoms with Crippen molar-refractivity contribution in [1.82, 2.24) is 0 Å². The second-order valence-corrected chi connectivity index (χ2v) is 7.41. The molecule has 0 aliphatic heterocycles. The van der Waals surface area contributed by atoms with Crippen LogP contribution in [0.2, 0.25) is 15.1 Å². The van der Waals surface area contributed by atoms with Gasteiger partial charge in [-0.1, -0.05) is 40.9 Å². The molecule has 0 unspecified atom stereocenters. The van der Waals surface area contributed by atoms with Gasteiger partial charge in [0.15, 0.2) is 11.5 Å². The van der Waals surface area contributed by atoms with E-state index in [-0.39, 0.29) is 12.4 Å². The molecule has 3 rings (SSSR count). The van der Waals surface area contributed by atoms with Crippen molar-refractivity contribution >= 4 is 40.5 Å². The van der Waals surface area contributed by atoms with E-state index in [2.05, 4.69) is 5.32 Å². The van der Waals surface area contributed by atoms with Crippen LogP contribution in [0.5, 0.6) is 11.5 Å². The lowest BCUT2D eigenvalue weighted by Gasteiger charge is -2.17. The molecule has 0 saturated heterocycles. The zero-order chi connectivity index (χ0) is 20.8. The number of nitrogens with one attached hydrogen (secondary N) is 1. The van der Waals surface area contributed by atoms with Crippen LogP contribution in [0.4, 0.5) is 10.1 Å². The summed E-state index contributed by atoms with van der Waals surface area (Å²) < 4.78 is 24.7. The highest BCUT2D eigenvalue weighted by Crippen LogP contribution is 2.38. The van der Waals surface area contributed by atoms with Crippen molar-refractivity contribution in [2.24, 2.45) is 0 Å². The molecule has 0 atom stereocenters. The van der Waals surface area contributed by atoms with E-state index in [0.29, 0.717) is 45.3 Å². The first-order chi connectivity index (χ1) is 14.0. The summed E-state index contributed by atoms with van der Waals surface area (Å²) in [6, 6.07) is 15.1. The highest BCUT2D eigenvalue weighted by Gasteiger charge is 2.15. The van der Waals surface area contributed by atoms with E-state index in [1.54, 1.807) is 36.4 Å². The molecule has 0 aliphatic carbocycles. The van der Waals surface area contributed by atoms with E-state index in [4.69, 9.17) is 44.3 Å². The maximum absolute atomic E-state index is 13.0. The molecule has 0 aromatic heterocycles. The second-order valence-electron chi connectivity index (χ2n) is 6.19. The van der Waals surface area contributed by atoms with Crippen molar-refractivity contribution in [3.8, 4) is 11.5 Å². The first-order valence-electron chi connectivity index (χ1n) is 8.98. The van der Waals surface area contributed by atoms with Gasteiger partial charge in [0.05, 0.1) is 11.6 Å². The Labute approximate surface area is 184 Å². The lowest BCUT2D eigenvalue weighted by atomic mass is 10.2. The van der Waals surface area contributed by atoms with Crippen molar-refractivity contribution in [1.29, 1.82) is 0 Å². The molecule has 0 spiro atoms. The first kappa shape index (κ1) is 21.6. The van der Waals surface area contributed by atoms with Crippen LogP contribution in [0.15, 0.2) is 54.6 Å². The molecule has 3 aromatic rings. The minimum absolute atomic E-state index is 0.158. The van der Waals surface area contributed by atoms with Gasteiger partial charge < -0.3 is 14.8 Å². The molecule has 0 aliphatic rings. The summed E-state index contributed by atoms with van der Waals surface area (Å²) in [5.41, 5.74) is 2.37. The maximum atomic E-state index is 13.0. The van der Waals surface area contributed by atoms with Crippen molar-refractivity contribution in [3.63, 3.8) is 0 Å². The number of hydrogen-bond donors (Lipinski definition) is 1. The number of rotatable bonds is 8. The van der Waals surface area contributed by atoms with Gasteiger partial charge in [-0.25, -0.2) is 4.39 Å². The smallest absolute Gasteiger partial charge is 0.180 e. The molecule has 0 amide bonds. The number of ether oxygens (including phenoxy) is 2. The Morgan fingerprint density at radius 2 is 1.59 bits per heavy atom. The highest BCUT2D eigenvalue weighted by atomic mass is 35.5. The first-order valence-corrected chi connectivity index (χ1v) is 10.1. The van der Waals surface area contributed by atoms with Gasteiger partial charge in [-0.2, -0.15) is 0 Å². The fraction of sp³-hybridized carbons (Fsp3) is 0.182. The maximum Gasteiger partial charge on any atom is 0.180 e. The van der Waals surface area contributed by atoms with Crippen molar-refractivity contribution < 1.29 is 13.9 Å². The van der Waals surface area contributed by atoms with E-state index < -0.39 is 0 Å². The fourth-order valence-electron chi connectivity index (χ4n) is 2.71. The number of anilines is 1. The van der Waals surface area contributed by atoms with Gasteiger partial charge >= 0.3 is 0 Å². The molecule has 0 bridgehead atoms. The van der Waals surface area contributed by atoms with Crippen LogP contribution in [0.25, 0.3) is 0 Å². The van der Waals surface area contributed by atoms with Gasteiger partial charge in [0.2, 0.25) is 0 Å². The standard InChI is InChI=1S/C22H19Cl3FNO2/c1-2-28-21-11-14(12-27-16-8-6-15(26)7-9-16)10-20(25)22(21)29-13-17-18(23)4-3-5-19(17)24/h3-11,27H,2,12-13H2,1H3. The largest absolute Gasteiger partial charge is 0.490 e. The van der Waals surface area contributed by atoms with E-state index in [1.165, 1.54) is 12.1 Å². The molecule has 7 heteroatoms. The average Bonchev–Trinajstić information content (AvgIpc) is 2.69. The molecule has 0 saturated carbocycles. The SMILES string of the molecule is CCOc1cc(CNc2ccc(F)cc2)cc(Cl)c1OCc1c(Cl)cccc1Cl. The third-order valence-corrected chi connectivity index (χ3v) is 5.12. The normalized spacial score (nSPS) is 10.7. The summed E-state index contributed by atoms with van der Waals surface area (Å²) in [5, 5.41) is 4.67. The monoisotopic (exact) mass is 453 g/mol. The summed E-state index contributed by atoms with van der Waals surface area (Å²) in [4.78, 5) is 0. The lowest BCUT2D eigenvalue weighted by molar-refractivity contribution is 0.269. The predicted molar refractivity (Wildman–Crippen MR) is 117 cm³/mol. The van der Waals surface area contributed by atoms with Crippen LogP contribution < -0.4 is 14.8 Å². The Bertz CT molecular complexity index is 960. The Balaban J connectivity index is 1.77. The summed E-state index contributed by atoms with van der Waals surface area (Å²) >= 11 is 18.9. The summed E-state index contributed by atoms with van der Waals surface area (Å²) in [6.07, 6.45) is 0. The van der Waals surface area contributed by atoms with Gasteiger partial charge in [-0.15, -0.1) is 0 Å². The van der Waals surface area contributed by atoms with E-state index in [0.717, 1.165) is 11.3 Å². The summed E-state index contributed by atoms with van der Waals surface area (Å²) in [6.45, 7) is 2.98. The van der Waals surface area contributed by atoms with Crippen LogP contribution in [0.3, 0.4) is 0 Å². The van der Waals surface area contributed by atoms with Crippen LogP contribution in [0.1, 0.15) is 18.1 Å². The van der Waals surface area contributed by atoms with E-state index >= 15 is 0 Å². The van der Waals surface area contributed by atoms with Crippen LogP contribution in [-0.4, -0.2) is 6.61 Å². The van der Waals surface area contributed by atoms with Gasteiger partial charge in [-0.3, -0.25) is 0 Å². The molecule has 29 heavy (non-hydrogen) atoms. The van der Waals surface area contributed by atoms with Gasteiger partial charge in [0, 0.05) is 27.8 Å². The van der Waals surface area contributed by atoms with Gasteiger partial charge in [0.25, 0.3) is 0 Å². The molecule has 3 nitrogen and oxygen atoms in total. The quantitative estimate of drug-likeness (QED) is 0.385. The summed E-state index contributed by atoms with van der Waals surface area (Å²) in [5.74, 6) is 0.673. The predicted octanol–water partition coefficient (Wildman–Crippen LogP) is 7.38. The molecule has 1 N–H and O–H groups in total. The lowest BCUT2D eigenvalue weighted by Crippen LogP contribution is -2.04. The number of benzene rings is 3. The van der Waals surface area contributed by atoms with Crippen molar-refractivity contribution in [2.45, 2.75) is 20.1 Å². The third-order valence-electron chi connectivity index (χ3n) is 4.13. The number of hydrogen-bond acceptors (Lipinski definition) is 3. The highest BCUT2D eigenvalue weighted by molar-refractivity contribution is 6.36. The second kappa shape index (κ2) is 10.1. The molecule has 0 fully saturated rings. The Morgan fingerprint density at radius 3 is 2.24 bits per heavy atom. The van der Waals surface area contributed by atoms with E-state index in [9.17, 15) is 4.39 Å². The average molecular weight is 455 g/mol. The summed E-state index contributed by atoms with van der Waals surface area (Å²) in [7, 11) is 0. The number of halogens is 4. The molecular weight excluding hydrogens is 436 g/mol. The zero-order valence-electron chi connectivity index (χ0n) is 15.6. The van der Waals surface area contributed by atoms with Crippen LogP contribution in [0, 0.1) is 5.82 Å². The Morgan fingerprint density at radius 1 is 0.897 bits per heavy atom. The topological polar surface area (TPSA) is 30.5 Å². The minimum Gasteiger partial charge on any atom is -0.490 e. The van der Waals surface area contributed by atoms with Gasteiger partial charge in [-0.05, 0) is 61.0 Å². The molecule has 0 heterocycles. The Kier molecular flexibility index (Phi) is 7.48. The molecule has 0 radical (unpaired) electrons. The molecule has 3 aromatic carbocycles. The van der Waals surface area contributed by atoms with Crippen molar-refractivity contribution in [3.05, 3.63) is 86.6 Å². The minimum atomic E-state index is -0.280. The van der Waals surface area contributed by atoms with Crippen LogP contribution >= 0.6 is 34.8 Å². The van der Waals surface area contributed by atoms with Crippen LogP contribution in [-0.2, 0) is 13.2 Å². The molecule has 152 valence electrons.